The lowest BCUT2D eigenvalue weighted by atomic mass is 9.63. The van der Waals surface area contributed by atoms with Crippen molar-refractivity contribution < 1.29 is 9.53 Å². The Morgan fingerprint density at radius 3 is 2.87 bits per heavy atom. The van der Waals surface area contributed by atoms with Gasteiger partial charge in [-0.3, -0.25) is 4.90 Å². The van der Waals surface area contributed by atoms with E-state index in [1.807, 2.05) is 11.0 Å². The highest BCUT2D eigenvalue weighted by atomic mass is 35.5. The van der Waals surface area contributed by atoms with Crippen LogP contribution >= 0.6 is 11.6 Å². The van der Waals surface area contributed by atoms with Crippen LogP contribution in [0.5, 0.6) is 0 Å². The van der Waals surface area contributed by atoms with Crippen molar-refractivity contribution in [3.05, 3.63) is 52.4 Å². The lowest BCUT2D eigenvalue weighted by molar-refractivity contribution is 0.146. The Morgan fingerprint density at radius 2 is 2.10 bits per heavy atom. The second kappa shape index (κ2) is 6.71. The van der Waals surface area contributed by atoms with Gasteiger partial charge in [0.1, 0.15) is 11.9 Å². The van der Waals surface area contributed by atoms with E-state index in [2.05, 4.69) is 28.2 Å². The number of rotatable bonds is 3. The molecule has 3 aromatic rings. The first kappa shape index (κ1) is 18.2. The molecule has 2 fully saturated rings. The average molecular weight is 423 g/mol. The van der Waals surface area contributed by atoms with Crippen LogP contribution in [0.15, 0.2) is 30.5 Å². The number of pyridine rings is 1. The predicted molar refractivity (Wildman–Crippen MR) is 115 cm³/mol. The van der Waals surface area contributed by atoms with Crippen LogP contribution in [0.1, 0.15) is 55.5 Å². The normalized spacial score (nSPS) is 20.0. The van der Waals surface area contributed by atoms with Gasteiger partial charge in [0.05, 0.1) is 21.6 Å². The molecule has 1 aliphatic heterocycles. The van der Waals surface area contributed by atoms with Gasteiger partial charge in [0.2, 0.25) is 0 Å². The van der Waals surface area contributed by atoms with E-state index < -0.39 is 0 Å². The van der Waals surface area contributed by atoms with Crippen LogP contribution in [0.4, 0.5) is 10.5 Å². The lowest BCUT2D eigenvalue weighted by Gasteiger charge is -2.41. The number of carbonyl (C=O) groups is 1. The Hall–Kier alpha value is -2.60. The van der Waals surface area contributed by atoms with Gasteiger partial charge in [0.15, 0.2) is 5.65 Å². The van der Waals surface area contributed by atoms with E-state index in [1.54, 1.807) is 6.20 Å². The standard InChI is InChI=1S/C23H23ClN4O2/c24-16-12-18-20(25-13-16)27-21(26-18)23(8-2-9-23)15-4-7-19-14(11-15)3-1-10-28(19)22(29)30-17-5-6-17/h4,7,11-13,17H,1-3,5-6,8-10H2,(H,25,26,27). The fourth-order valence-electron chi connectivity index (χ4n) is 4.77. The molecule has 2 aliphatic carbocycles. The van der Waals surface area contributed by atoms with Gasteiger partial charge in [0.25, 0.3) is 0 Å². The number of nitrogens with zero attached hydrogens (tertiary/aromatic N) is 3. The number of H-pyrrole nitrogens is 1. The number of hydrogen-bond donors (Lipinski definition) is 1. The minimum atomic E-state index is -0.204. The molecule has 7 heteroatoms. The summed E-state index contributed by atoms with van der Waals surface area (Å²) in [5, 5.41) is 0.604. The van der Waals surface area contributed by atoms with Crippen LogP contribution in [0, 0.1) is 0 Å². The number of imidazole rings is 1. The number of anilines is 1. The molecular weight excluding hydrogens is 400 g/mol. The van der Waals surface area contributed by atoms with Crippen molar-refractivity contribution >= 4 is 34.5 Å². The summed E-state index contributed by atoms with van der Waals surface area (Å²) in [4.78, 5) is 27.0. The number of hydrogen-bond acceptors (Lipinski definition) is 4. The van der Waals surface area contributed by atoms with Crippen molar-refractivity contribution in [2.24, 2.45) is 0 Å². The minimum absolute atomic E-state index is 0.121. The number of benzene rings is 1. The van der Waals surface area contributed by atoms with Crippen LogP contribution in [0.3, 0.4) is 0 Å². The predicted octanol–water partition coefficient (Wildman–Crippen LogP) is 5.13. The highest BCUT2D eigenvalue weighted by Crippen LogP contribution is 2.49. The molecule has 6 rings (SSSR count). The smallest absolute Gasteiger partial charge is 0.414 e. The van der Waals surface area contributed by atoms with Crippen molar-refractivity contribution in [1.29, 1.82) is 0 Å². The molecule has 1 aromatic carbocycles. The number of ether oxygens (including phenoxy) is 1. The van der Waals surface area contributed by atoms with Crippen LogP contribution in [0.25, 0.3) is 11.2 Å². The summed E-state index contributed by atoms with van der Waals surface area (Å²) < 4.78 is 5.55. The molecule has 154 valence electrons. The van der Waals surface area contributed by atoms with E-state index in [4.69, 9.17) is 21.3 Å². The number of amides is 1. The third-order valence-corrected chi connectivity index (χ3v) is 6.93. The first-order valence-corrected chi connectivity index (χ1v) is 11.1. The van der Waals surface area contributed by atoms with Gasteiger partial charge in [-0.25, -0.2) is 14.8 Å². The molecule has 0 radical (unpaired) electrons. The summed E-state index contributed by atoms with van der Waals surface area (Å²) in [7, 11) is 0. The highest BCUT2D eigenvalue weighted by molar-refractivity contribution is 6.31. The summed E-state index contributed by atoms with van der Waals surface area (Å²) in [6.45, 7) is 0.721. The number of carbonyl (C=O) groups excluding carboxylic acids is 1. The van der Waals surface area contributed by atoms with Crippen LogP contribution < -0.4 is 4.90 Å². The van der Waals surface area contributed by atoms with Crippen molar-refractivity contribution in [3.8, 4) is 0 Å². The zero-order valence-electron chi connectivity index (χ0n) is 16.7. The first-order valence-electron chi connectivity index (χ1n) is 10.8. The Kier molecular flexibility index (Phi) is 4.07. The minimum Gasteiger partial charge on any atom is -0.446 e. The molecule has 0 bridgehead atoms. The molecular formula is C23H23ClN4O2. The van der Waals surface area contributed by atoms with Gasteiger partial charge in [-0.1, -0.05) is 30.2 Å². The molecule has 0 spiro atoms. The van der Waals surface area contributed by atoms with Gasteiger partial charge in [-0.15, -0.1) is 0 Å². The quantitative estimate of drug-likeness (QED) is 0.634. The molecule has 30 heavy (non-hydrogen) atoms. The number of aryl methyl sites for hydroxylation is 1. The second-order valence-electron chi connectivity index (χ2n) is 8.73. The number of aromatic amines is 1. The topological polar surface area (TPSA) is 71.1 Å². The van der Waals surface area contributed by atoms with E-state index >= 15 is 0 Å². The van der Waals surface area contributed by atoms with E-state index in [0.29, 0.717) is 10.7 Å². The average Bonchev–Trinajstić information content (AvgIpc) is 3.43. The Morgan fingerprint density at radius 1 is 1.23 bits per heavy atom. The zero-order valence-corrected chi connectivity index (χ0v) is 17.4. The maximum atomic E-state index is 12.6. The first-order chi connectivity index (χ1) is 14.6. The Balaban J connectivity index is 1.37. The molecule has 2 aromatic heterocycles. The van der Waals surface area contributed by atoms with E-state index in [1.165, 1.54) is 17.5 Å². The third-order valence-electron chi connectivity index (χ3n) is 6.73. The highest BCUT2D eigenvalue weighted by Gasteiger charge is 2.44. The van der Waals surface area contributed by atoms with Gasteiger partial charge in [-0.2, -0.15) is 0 Å². The maximum Gasteiger partial charge on any atom is 0.414 e. The van der Waals surface area contributed by atoms with Gasteiger partial charge in [-0.05, 0) is 61.8 Å². The number of halogens is 1. The fraction of sp³-hybridized carbons (Fsp3) is 0.435. The number of fused-ring (bicyclic) bond motifs is 2. The molecule has 3 heterocycles. The molecule has 0 atom stereocenters. The van der Waals surface area contributed by atoms with Crippen molar-refractivity contribution in [2.75, 3.05) is 11.4 Å². The summed E-state index contributed by atoms with van der Waals surface area (Å²) >= 11 is 6.11. The maximum absolute atomic E-state index is 12.6. The number of aromatic nitrogens is 3. The van der Waals surface area contributed by atoms with E-state index in [-0.39, 0.29) is 17.6 Å². The molecule has 3 aliphatic rings. The van der Waals surface area contributed by atoms with Crippen LogP contribution in [0.2, 0.25) is 5.02 Å². The van der Waals surface area contributed by atoms with Gasteiger partial charge >= 0.3 is 6.09 Å². The monoisotopic (exact) mass is 422 g/mol. The van der Waals surface area contributed by atoms with Gasteiger partial charge in [0, 0.05) is 12.7 Å². The second-order valence-corrected chi connectivity index (χ2v) is 9.16. The van der Waals surface area contributed by atoms with E-state index in [9.17, 15) is 4.79 Å². The molecule has 1 amide bonds. The van der Waals surface area contributed by atoms with Gasteiger partial charge < -0.3 is 9.72 Å². The van der Waals surface area contributed by atoms with Crippen molar-refractivity contribution in [3.63, 3.8) is 0 Å². The van der Waals surface area contributed by atoms with Crippen molar-refractivity contribution in [1.82, 2.24) is 15.0 Å². The summed E-state index contributed by atoms with van der Waals surface area (Å²) in [6, 6.07) is 8.41. The van der Waals surface area contributed by atoms with Crippen molar-refractivity contribution in [2.45, 2.75) is 56.5 Å². The van der Waals surface area contributed by atoms with Crippen LogP contribution in [-0.4, -0.2) is 33.7 Å². The Labute approximate surface area is 179 Å². The van der Waals surface area contributed by atoms with E-state index in [0.717, 1.165) is 62.1 Å². The largest absolute Gasteiger partial charge is 0.446 e. The SMILES string of the molecule is O=C(OC1CC1)N1CCCc2cc(C3(c4nc5ncc(Cl)cc5[nH]4)CCC3)ccc21. The molecule has 0 unspecified atom stereocenters. The summed E-state index contributed by atoms with van der Waals surface area (Å²) in [5.41, 5.74) is 4.91. The number of nitrogens with one attached hydrogen (secondary N) is 1. The lowest BCUT2D eigenvalue weighted by Crippen LogP contribution is -2.38. The summed E-state index contributed by atoms with van der Waals surface area (Å²) in [6.07, 6.45) is 8.73. The summed E-state index contributed by atoms with van der Waals surface area (Å²) in [5.74, 6) is 0.958. The zero-order chi connectivity index (χ0) is 20.3. The molecule has 2 saturated carbocycles. The fourth-order valence-corrected chi connectivity index (χ4v) is 4.93. The Bertz CT molecular complexity index is 1150. The molecule has 1 N–H and O–H groups in total. The molecule has 0 saturated heterocycles. The van der Waals surface area contributed by atoms with Crippen LogP contribution in [-0.2, 0) is 16.6 Å². The third kappa shape index (κ3) is 2.88. The molecule has 6 nitrogen and oxygen atoms in total.